The van der Waals surface area contributed by atoms with Crippen LogP contribution in [0.5, 0.6) is 0 Å². The van der Waals surface area contributed by atoms with Gasteiger partial charge in [-0.1, -0.05) is 38.2 Å². The van der Waals surface area contributed by atoms with Crippen LogP contribution in [-0.2, 0) is 11.2 Å². The van der Waals surface area contributed by atoms with E-state index in [1.165, 1.54) is 37.0 Å². The molecule has 0 unspecified atom stereocenters. The van der Waals surface area contributed by atoms with Gasteiger partial charge in [-0.05, 0) is 24.3 Å². The van der Waals surface area contributed by atoms with Gasteiger partial charge in [0.15, 0.2) is 0 Å². The van der Waals surface area contributed by atoms with Crippen molar-refractivity contribution in [2.24, 2.45) is 0 Å². The summed E-state index contributed by atoms with van der Waals surface area (Å²) in [6.07, 6.45) is 9.22. The van der Waals surface area contributed by atoms with Crippen LogP contribution in [0.2, 0.25) is 0 Å². The minimum atomic E-state index is 0.207. The molecule has 0 spiro atoms. The molecule has 1 aliphatic carbocycles. The topological polar surface area (TPSA) is 33.2 Å². The summed E-state index contributed by atoms with van der Waals surface area (Å²) >= 11 is 3.33. The van der Waals surface area contributed by atoms with Crippen molar-refractivity contribution in [1.82, 2.24) is 9.88 Å². The Balaban J connectivity index is 1.59. The van der Waals surface area contributed by atoms with Gasteiger partial charge in [0.2, 0.25) is 5.91 Å². The molecule has 0 N–H and O–H groups in total. The van der Waals surface area contributed by atoms with Crippen LogP contribution >= 0.6 is 22.7 Å². The maximum absolute atomic E-state index is 12.6. The Morgan fingerprint density at radius 3 is 2.65 bits per heavy atom. The molecule has 0 bridgehead atoms. The molecular formula is C18H24N2OS2. The van der Waals surface area contributed by atoms with E-state index in [2.05, 4.69) is 16.4 Å². The van der Waals surface area contributed by atoms with Crippen LogP contribution in [0.15, 0.2) is 22.9 Å². The lowest BCUT2D eigenvalue weighted by molar-refractivity contribution is -0.131. The predicted molar refractivity (Wildman–Crippen MR) is 98.0 cm³/mol. The zero-order chi connectivity index (χ0) is 16.1. The molecule has 0 atom stereocenters. The largest absolute Gasteiger partial charge is 0.342 e. The fraction of sp³-hybridized carbons (Fsp3) is 0.556. The molecule has 0 saturated heterocycles. The Labute approximate surface area is 146 Å². The van der Waals surface area contributed by atoms with E-state index in [9.17, 15) is 4.79 Å². The molecule has 1 saturated carbocycles. The van der Waals surface area contributed by atoms with Crippen LogP contribution in [-0.4, -0.2) is 28.9 Å². The van der Waals surface area contributed by atoms with Crippen LogP contribution in [0.25, 0.3) is 9.88 Å². The number of rotatable bonds is 4. The zero-order valence-corrected chi connectivity index (χ0v) is 15.3. The highest BCUT2D eigenvalue weighted by atomic mass is 32.1. The van der Waals surface area contributed by atoms with E-state index in [1.807, 2.05) is 23.4 Å². The number of hydrogen-bond donors (Lipinski definition) is 0. The van der Waals surface area contributed by atoms with Crippen LogP contribution < -0.4 is 0 Å². The van der Waals surface area contributed by atoms with Crippen LogP contribution in [0, 0.1) is 0 Å². The molecule has 3 nitrogen and oxygen atoms in total. The average molecular weight is 349 g/mol. The second-order valence-corrected chi connectivity index (χ2v) is 8.11. The van der Waals surface area contributed by atoms with Crippen LogP contribution in [0.3, 0.4) is 0 Å². The monoisotopic (exact) mass is 348 g/mol. The van der Waals surface area contributed by atoms with Crippen molar-refractivity contribution in [3.63, 3.8) is 0 Å². The lowest BCUT2D eigenvalue weighted by atomic mass is 9.95. The minimum Gasteiger partial charge on any atom is -0.342 e. The van der Waals surface area contributed by atoms with Crippen molar-refractivity contribution in [1.29, 1.82) is 0 Å². The van der Waals surface area contributed by atoms with Crippen molar-refractivity contribution in [3.8, 4) is 9.88 Å². The number of amides is 1. The molecule has 124 valence electrons. The third-order valence-corrected chi connectivity index (χ3v) is 6.56. The quantitative estimate of drug-likeness (QED) is 0.780. The standard InChI is InChI=1S/C18H24N2OS2/c1-20(15-8-5-3-2-4-6-9-15)17(21)12-14-13-23-18(19-14)16-10-7-11-22-16/h7,10-11,13,15H,2-6,8-9,12H2,1H3. The molecule has 0 radical (unpaired) electrons. The van der Waals surface area contributed by atoms with Gasteiger partial charge in [0.25, 0.3) is 0 Å². The number of likely N-dealkylation sites (N-methyl/N-ethyl adjacent to an activating group) is 1. The summed E-state index contributed by atoms with van der Waals surface area (Å²) < 4.78 is 0. The van der Waals surface area contributed by atoms with Crippen molar-refractivity contribution in [2.75, 3.05) is 7.05 Å². The summed E-state index contributed by atoms with van der Waals surface area (Å²) in [7, 11) is 1.97. The zero-order valence-electron chi connectivity index (χ0n) is 13.7. The molecule has 5 heteroatoms. The Bertz CT molecular complexity index is 613. The number of thiophene rings is 1. The molecule has 0 aliphatic heterocycles. The van der Waals surface area contributed by atoms with Gasteiger partial charge in [-0.3, -0.25) is 4.79 Å². The summed E-state index contributed by atoms with van der Waals surface area (Å²) in [6, 6.07) is 4.53. The first kappa shape index (κ1) is 16.7. The fourth-order valence-corrected chi connectivity index (χ4v) is 4.84. The van der Waals surface area contributed by atoms with E-state index in [0.717, 1.165) is 23.5 Å². The first-order valence-corrected chi connectivity index (χ1v) is 10.2. The Kier molecular flexibility index (Phi) is 5.84. The molecule has 1 amide bonds. The Morgan fingerprint density at radius 2 is 1.96 bits per heavy atom. The highest BCUT2D eigenvalue weighted by Gasteiger charge is 2.21. The summed E-state index contributed by atoms with van der Waals surface area (Å²) in [5, 5.41) is 5.11. The number of carbonyl (C=O) groups is 1. The fourth-order valence-electron chi connectivity index (χ4n) is 3.21. The summed E-state index contributed by atoms with van der Waals surface area (Å²) in [4.78, 5) is 20.4. The number of aromatic nitrogens is 1. The van der Waals surface area contributed by atoms with Gasteiger partial charge in [-0.2, -0.15) is 0 Å². The molecule has 0 aromatic carbocycles. The van der Waals surface area contributed by atoms with E-state index in [0.29, 0.717) is 12.5 Å². The number of nitrogens with zero attached hydrogens (tertiary/aromatic N) is 2. The molecule has 2 aromatic heterocycles. The molecule has 2 aromatic rings. The van der Waals surface area contributed by atoms with Crippen molar-refractivity contribution >= 4 is 28.6 Å². The lowest BCUT2D eigenvalue weighted by Crippen LogP contribution is -2.38. The van der Waals surface area contributed by atoms with Gasteiger partial charge in [0.05, 0.1) is 17.0 Å². The Morgan fingerprint density at radius 1 is 1.22 bits per heavy atom. The van der Waals surface area contributed by atoms with Crippen molar-refractivity contribution < 1.29 is 4.79 Å². The van der Waals surface area contributed by atoms with Gasteiger partial charge in [0.1, 0.15) is 5.01 Å². The van der Waals surface area contributed by atoms with Crippen LogP contribution in [0.1, 0.15) is 50.6 Å². The second kappa shape index (κ2) is 8.06. The lowest BCUT2D eigenvalue weighted by Gasteiger charge is -2.29. The highest BCUT2D eigenvalue weighted by molar-refractivity contribution is 7.20. The van der Waals surface area contributed by atoms with E-state index in [4.69, 9.17) is 0 Å². The van der Waals surface area contributed by atoms with E-state index in [-0.39, 0.29) is 5.91 Å². The highest BCUT2D eigenvalue weighted by Crippen LogP contribution is 2.28. The smallest absolute Gasteiger partial charge is 0.228 e. The average Bonchev–Trinajstić information content (AvgIpc) is 3.16. The third kappa shape index (κ3) is 4.42. The second-order valence-electron chi connectivity index (χ2n) is 6.30. The van der Waals surface area contributed by atoms with Crippen molar-refractivity contribution in [2.45, 2.75) is 57.4 Å². The van der Waals surface area contributed by atoms with E-state index < -0.39 is 0 Å². The maximum Gasteiger partial charge on any atom is 0.228 e. The third-order valence-electron chi connectivity index (χ3n) is 4.63. The molecule has 1 aliphatic rings. The number of hydrogen-bond acceptors (Lipinski definition) is 4. The predicted octanol–water partition coefficient (Wildman–Crippen LogP) is 4.99. The van der Waals surface area contributed by atoms with Gasteiger partial charge in [0, 0.05) is 18.5 Å². The minimum absolute atomic E-state index is 0.207. The number of carbonyl (C=O) groups excluding carboxylic acids is 1. The first-order chi connectivity index (χ1) is 11.2. The maximum atomic E-state index is 12.6. The molecule has 23 heavy (non-hydrogen) atoms. The number of thiazole rings is 1. The summed E-state index contributed by atoms with van der Waals surface area (Å²) in [5.41, 5.74) is 0.904. The van der Waals surface area contributed by atoms with Crippen molar-refractivity contribution in [3.05, 3.63) is 28.6 Å². The van der Waals surface area contributed by atoms with E-state index >= 15 is 0 Å². The van der Waals surface area contributed by atoms with Gasteiger partial charge in [-0.25, -0.2) is 4.98 Å². The molecular weight excluding hydrogens is 324 g/mol. The molecule has 3 rings (SSSR count). The first-order valence-electron chi connectivity index (χ1n) is 8.48. The van der Waals surface area contributed by atoms with Gasteiger partial charge < -0.3 is 4.90 Å². The molecule has 1 fully saturated rings. The van der Waals surface area contributed by atoms with Gasteiger partial charge in [-0.15, -0.1) is 22.7 Å². The van der Waals surface area contributed by atoms with E-state index in [1.54, 1.807) is 22.7 Å². The SMILES string of the molecule is CN(C(=O)Cc1csc(-c2cccs2)n1)C1CCCCCCC1. The summed E-state index contributed by atoms with van der Waals surface area (Å²) in [5.74, 6) is 0.207. The normalized spacial score (nSPS) is 16.7. The molecule has 2 heterocycles. The Hall–Kier alpha value is -1.20. The van der Waals surface area contributed by atoms with Gasteiger partial charge >= 0.3 is 0 Å². The summed E-state index contributed by atoms with van der Waals surface area (Å²) in [6.45, 7) is 0. The van der Waals surface area contributed by atoms with Crippen LogP contribution in [0.4, 0.5) is 0 Å².